The zero-order valence-corrected chi connectivity index (χ0v) is 17.0. The van der Waals surface area contributed by atoms with Crippen LogP contribution in [0.5, 0.6) is 5.75 Å². The van der Waals surface area contributed by atoms with Gasteiger partial charge in [0.05, 0.1) is 23.4 Å². The first-order valence-corrected chi connectivity index (χ1v) is 10.5. The third-order valence-corrected chi connectivity index (χ3v) is 6.69. The lowest BCUT2D eigenvalue weighted by Gasteiger charge is -2.35. The molecule has 1 N–H and O–H groups in total. The first-order chi connectivity index (χ1) is 14.1. The molecule has 3 aromatic rings. The number of hydrogen-bond donors (Lipinski definition) is 1. The summed E-state index contributed by atoms with van der Waals surface area (Å²) >= 11 is 0. The standard InChI is InChI=1S/C23H27N5O/c1-15-13-28(14-24-15)18-5-6-20(22(29)12-18)21-7-8-23(26-25-21)27(2)19-10-16-3-4-17(9-16)11-19/h5-8,12-14,16-17,19,29H,3-4,9-11H2,1-2H3/t16-,17?,19?/m0/s1. The third-order valence-electron chi connectivity index (χ3n) is 6.69. The lowest BCUT2D eigenvalue weighted by Crippen LogP contribution is -2.37. The number of phenols is 1. The van der Waals surface area contributed by atoms with Gasteiger partial charge in [-0.1, -0.05) is 12.8 Å². The lowest BCUT2D eigenvalue weighted by molar-refractivity contribution is 0.312. The molecule has 29 heavy (non-hydrogen) atoms. The van der Waals surface area contributed by atoms with Gasteiger partial charge in [-0.15, -0.1) is 10.2 Å². The Kier molecular flexibility index (Phi) is 4.49. The molecular formula is C23H27N5O. The number of nitrogens with zero attached hydrogens (tertiary/aromatic N) is 5. The van der Waals surface area contributed by atoms with Crippen molar-refractivity contribution in [2.45, 2.75) is 45.1 Å². The molecule has 2 aliphatic rings. The number of hydrogen-bond acceptors (Lipinski definition) is 5. The summed E-state index contributed by atoms with van der Waals surface area (Å²) in [6.07, 6.45) is 10.4. The molecule has 1 aromatic carbocycles. The highest BCUT2D eigenvalue weighted by atomic mass is 16.3. The molecule has 2 aromatic heterocycles. The van der Waals surface area contributed by atoms with Crippen LogP contribution in [0.4, 0.5) is 5.82 Å². The third kappa shape index (κ3) is 3.48. The van der Waals surface area contributed by atoms with Gasteiger partial charge in [0.25, 0.3) is 0 Å². The monoisotopic (exact) mass is 389 g/mol. The molecule has 150 valence electrons. The number of phenolic OH excluding ortho intramolecular Hbond substituents is 1. The quantitative estimate of drug-likeness (QED) is 0.718. The van der Waals surface area contributed by atoms with E-state index >= 15 is 0 Å². The first kappa shape index (κ1) is 18.2. The van der Waals surface area contributed by atoms with Gasteiger partial charge in [0.1, 0.15) is 5.75 Å². The van der Waals surface area contributed by atoms with Gasteiger partial charge in [-0.2, -0.15) is 0 Å². The molecule has 0 saturated heterocycles. The summed E-state index contributed by atoms with van der Waals surface area (Å²) in [4.78, 5) is 6.53. The fraction of sp³-hybridized carbons (Fsp3) is 0.435. The number of benzene rings is 1. The molecule has 6 nitrogen and oxygen atoms in total. The molecule has 2 fully saturated rings. The topological polar surface area (TPSA) is 67.1 Å². The second-order valence-corrected chi connectivity index (χ2v) is 8.68. The minimum Gasteiger partial charge on any atom is -0.507 e. The van der Waals surface area contributed by atoms with Crippen molar-refractivity contribution in [1.29, 1.82) is 0 Å². The van der Waals surface area contributed by atoms with Gasteiger partial charge in [-0.25, -0.2) is 4.98 Å². The Morgan fingerprint density at radius 3 is 2.45 bits per heavy atom. The molecule has 2 unspecified atom stereocenters. The number of anilines is 1. The number of imidazole rings is 1. The Morgan fingerprint density at radius 1 is 1.03 bits per heavy atom. The zero-order valence-electron chi connectivity index (χ0n) is 17.0. The van der Waals surface area contributed by atoms with Gasteiger partial charge in [-0.3, -0.25) is 0 Å². The predicted molar refractivity (Wildman–Crippen MR) is 113 cm³/mol. The molecule has 2 heterocycles. The van der Waals surface area contributed by atoms with Crippen molar-refractivity contribution in [2.24, 2.45) is 11.8 Å². The summed E-state index contributed by atoms with van der Waals surface area (Å²) in [7, 11) is 2.14. The smallest absolute Gasteiger partial charge is 0.151 e. The summed E-state index contributed by atoms with van der Waals surface area (Å²) in [5.74, 6) is 2.88. The second-order valence-electron chi connectivity index (χ2n) is 8.68. The molecule has 0 aliphatic heterocycles. The van der Waals surface area contributed by atoms with Crippen LogP contribution in [0.1, 0.15) is 37.8 Å². The van der Waals surface area contributed by atoms with E-state index in [0.29, 0.717) is 17.3 Å². The van der Waals surface area contributed by atoms with E-state index in [9.17, 15) is 5.11 Å². The van der Waals surface area contributed by atoms with Gasteiger partial charge in [0.2, 0.25) is 0 Å². The van der Waals surface area contributed by atoms with Crippen molar-refractivity contribution in [1.82, 2.24) is 19.7 Å². The van der Waals surface area contributed by atoms with Crippen LogP contribution in [0.3, 0.4) is 0 Å². The SMILES string of the molecule is Cc1cn(-c2ccc(-c3ccc(N(C)C4CC5CC[C@@H](C5)C4)nn3)c(O)c2)cn1. The average molecular weight is 390 g/mol. The van der Waals surface area contributed by atoms with Crippen molar-refractivity contribution >= 4 is 5.82 Å². The number of aromatic hydroxyl groups is 1. The van der Waals surface area contributed by atoms with Crippen LogP contribution in [0.2, 0.25) is 0 Å². The van der Waals surface area contributed by atoms with Gasteiger partial charge >= 0.3 is 0 Å². The summed E-state index contributed by atoms with van der Waals surface area (Å²) in [5, 5.41) is 19.4. The summed E-state index contributed by atoms with van der Waals surface area (Å²) in [5.41, 5.74) is 3.16. The summed E-state index contributed by atoms with van der Waals surface area (Å²) in [6, 6.07) is 10.1. The Hall–Kier alpha value is -2.89. The van der Waals surface area contributed by atoms with Gasteiger partial charge in [0, 0.05) is 30.9 Å². The van der Waals surface area contributed by atoms with Crippen LogP contribution in [0.25, 0.3) is 16.9 Å². The Labute approximate surface area is 171 Å². The molecule has 2 aliphatic carbocycles. The summed E-state index contributed by atoms with van der Waals surface area (Å²) in [6.45, 7) is 1.94. The van der Waals surface area contributed by atoms with E-state index in [1.54, 1.807) is 12.4 Å². The highest BCUT2D eigenvalue weighted by Gasteiger charge is 2.36. The molecule has 2 saturated carbocycles. The van der Waals surface area contributed by atoms with Gasteiger partial charge in [0.15, 0.2) is 5.82 Å². The second kappa shape index (κ2) is 7.17. The Morgan fingerprint density at radius 2 is 1.83 bits per heavy atom. The van der Waals surface area contributed by atoms with Crippen molar-refractivity contribution in [3.63, 3.8) is 0 Å². The van der Waals surface area contributed by atoms with Crippen molar-refractivity contribution in [3.05, 3.63) is 48.5 Å². The van der Waals surface area contributed by atoms with Crippen LogP contribution in [0.15, 0.2) is 42.9 Å². The molecule has 0 spiro atoms. The lowest BCUT2D eigenvalue weighted by atomic mass is 9.85. The maximum atomic E-state index is 10.5. The molecular weight excluding hydrogens is 362 g/mol. The van der Waals surface area contributed by atoms with E-state index in [-0.39, 0.29) is 5.75 Å². The van der Waals surface area contributed by atoms with Crippen molar-refractivity contribution < 1.29 is 5.11 Å². The maximum absolute atomic E-state index is 10.5. The fourth-order valence-electron chi connectivity index (χ4n) is 5.09. The number of aryl methyl sites for hydroxylation is 1. The molecule has 6 heteroatoms. The van der Waals surface area contributed by atoms with Crippen LogP contribution < -0.4 is 4.90 Å². The highest BCUT2D eigenvalue weighted by molar-refractivity contribution is 5.69. The summed E-state index contributed by atoms with van der Waals surface area (Å²) < 4.78 is 1.89. The number of aromatic nitrogens is 4. The number of fused-ring (bicyclic) bond motifs is 2. The van der Waals surface area contributed by atoms with Crippen LogP contribution in [0, 0.1) is 18.8 Å². The zero-order chi connectivity index (χ0) is 20.0. The molecule has 0 amide bonds. The number of rotatable bonds is 4. The van der Waals surface area contributed by atoms with E-state index < -0.39 is 0 Å². The predicted octanol–water partition coefficient (Wildman–Crippen LogP) is 4.36. The Bertz CT molecular complexity index is 1000. The Balaban J connectivity index is 1.34. The average Bonchev–Trinajstić information content (AvgIpc) is 3.32. The fourth-order valence-corrected chi connectivity index (χ4v) is 5.09. The van der Waals surface area contributed by atoms with Crippen molar-refractivity contribution in [2.75, 3.05) is 11.9 Å². The minimum absolute atomic E-state index is 0.188. The van der Waals surface area contributed by atoms with Gasteiger partial charge < -0.3 is 14.6 Å². The van der Waals surface area contributed by atoms with E-state index in [1.165, 1.54) is 32.1 Å². The molecule has 2 bridgehead atoms. The van der Waals surface area contributed by atoms with Crippen LogP contribution >= 0.6 is 0 Å². The first-order valence-electron chi connectivity index (χ1n) is 10.5. The van der Waals surface area contributed by atoms with Crippen molar-refractivity contribution in [3.8, 4) is 22.7 Å². The van der Waals surface area contributed by atoms with Crippen LogP contribution in [-0.2, 0) is 0 Å². The van der Waals surface area contributed by atoms with E-state index in [1.807, 2.05) is 42.0 Å². The largest absolute Gasteiger partial charge is 0.507 e. The molecule has 0 radical (unpaired) electrons. The van der Waals surface area contributed by atoms with E-state index in [4.69, 9.17) is 0 Å². The van der Waals surface area contributed by atoms with E-state index in [0.717, 1.165) is 29.0 Å². The highest BCUT2D eigenvalue weighted by Crippen LogP contribution is 2.43. The van der Waals surface area contributed by atoms with E-state index in [2.05, 4.69) is 27.1 Å². The molecule has 3 atom stereocenters. The normalized spacial score (nSPS) is 23.3. The van der Waals surface area contributed by atoms with Gasteiger partial charge in [-0.05, 0) is 62.3 Å². The minimum atomic E-state index is 0.188. The maximum Gasteiger partial charge on any atom is 0.151 e. The van der Waals surface area contributed by atoms with Crippen LogP contribution in [-0.4, -0.2) is 37.9 Å². The molecule has 5 rings (SSSR count).